The normalized spacial score (nSPS) is 11.0. The van der Waals surface area contributed by atoms with Crippen LogP contribution in [-0.2, 0) is 6.42 Å². The third-order valence-corrected chi connectivity index (χ3v) is 3.26. The van der Waals surface area contributed by atoms with Gasteiger partial charge in [-0.25, -0.2) is 4.98 Å². The molecule has 0 atom stereocenters. The van der Waals surface area contributed by atoms with Gasteiger partial charge in [-0.1, -0.05) is 6.07 Å². The average Bonchev–Trinajstić information content (AvgIpc) is 2.56. The summed E-state index contributed by atoms with van der Waals surface area (Å²) in [5, 5.41) is 1.20. The highest BCUT2D eigenvalue weighted by Crippen LogP contribution is 2.23. The lowest BCUT2D eigenvalue weighted by Crippen LogP contribution is -1.99. The van der Waals surface area contributed by atoms with Crippen molar-refractivity contribution in [1.82, 2.24) is 4.98 Å². The molecule has 0 aliphatic rings. The summed E-state index contributed by atoms with van der Waals surface area (Å²) in [7, 11) is 0. The summed E-state index contributed by atoms with van der Waals surface area (Å²) in [6.45, 7) is 2.85. The van der Waals surface area contributed by atoms with Crippen molar-refractivity contribution in [3.8, 4) is 0 Å². The van der Waals surface area contributed by atoms with Crippen molar-refractivity contribution < 1.29 is 0 Å². The van der Waals surface area contributed by atoms with Gasteiger partial charge in [-0.15, -0.1) is 11.3 Å². The largest absolute Gasteiger partial charge is 0.330 e. The molecule has 2 nitrogen and oxygen atoms in total. The maximum atomic E-state index is 5.47. The van der Waals surface area contributed by atoms with Crippen molar-refractivity contribution in [2.24, 2.45) is 5.73 Å². The van der Waals surface area contributed by atoms with E-state index in [1.54, 1.807) is 11.3 Å². The van der Waals surface area contributed by atoms with E-state index in [9.17, 15) is 0 Å². The van der Waals surface area contributed by atoms with Crippen LogP contribution in [0.15, 0.2) is 18.2 Å². The highest BCUT2D eigenvalue weighted by atomic mass is 32.1. The van der Waals surface area contributed by atoms with E-state index >= 15 is 0 Å². The molecule has 0 spiro atoms. The predicted octanol–water partition coefficient (Wildman–Crippen LogP) is 2.50. The SMILES string of the molecule is Cc1ccc2nc(CCCN)sc2c1. The Balaban J connectivity index is 2.32. The summed E-state index contributed by atoms with van der Waals surface area (Å²) in [6.07, 6.45) is 2.04. The molecule has 14 heavy (non-hydrogen) atoms. The van der Waals surface area contributed by atoms with Gasteiger partial charge in [-0.05, 0) is 37.6 Å². The summed E-state index contributed by atoms with van der Waals surface area (Å²) in [4.78, 5) is 4.55. The van der Waals surface area contributed by atoms with Crippen molar-refractivity contribution in [2.45, 2.75) is 19.8 Å². The zero-order valence-corrected chi connectivity index (χ0v) is 9.10. The molecule has 74 valence electrons. The predicted molar refractivity (Wildman–Crippen MR) is 61.7 cm³/mol. The first kappa shape index (κ1) is 9.62. The molecule has 0 unspecified atom stereocenters. The Morgan fingerprint density at radius 1 is 1.43 bits per heavy atom. The van der Waals surface area contributed by atoms with Crippen molar-refractivity contribution in [1.29, 1.82) is 0 Å². The van der Waals surface area contributed by atoms with Crippen LogP contribution in [0.2, 0.25) is 0 Å². The average molecular weight is 206 g/mol. The van der Waals surface area contributed by atoms with Crippen molar-refractivity contribution in [3.05, 3.63) is 28.8 Å². The first-order valence-electron chi connectivity index (χ1n) is 4.86. The van der Waals surface area contributed by atoms with E-state index in [-0.39, 0.29) is 0 Å². The minimum Gasteiger partial charge on any atom is -0.330 e. The molecule has 2 rings (SSSR count). The van der Waals surface area contributed by atoms with Crippen LogP contribution in [0.4, 0.5) is 0 Å². The monoisotopic (exact) mass is 206 g/mol. The summed E-state index contributed by atoms with van der Waals surface area (Å²) in [6, 6.07) is 6.39. The van der Waals surface area contributed by atoms with Gasteiger partial charge < -0.3 is 5.73 Å². The van der Waals surface area contributed by atoms with Crippen molar-refractivity contribution in [2.75, 3.05) is 6.54 Å². The first-order valence-corrected chi connectivity index (χ1v) is 5.67. The number of hydrogen-bond donors (Lipinski definition) is 1. The van der Waals surface area contributed by atoms with Gasteiger partial charge in [0, 0.05) is 6.42 Å². The van der Waals surface area contributed by atoms with E-state index in [0.717, 1.165) is 24.9 Å². The molecule has 0 fully saturated rings. The standard InChI is InChI=1S/C11H14N2S/c1-8-4-5-9-10(7-8)14-11(13-9)3-2-6-12/h4-5,7H,2-3,6,12H2,1H3. The first-order chi connectivity index (χ1) is 6.79. The fraction of sp³-hybridized carbons (Fsp3) is 0.364. The smallest absolute Gasteiger partial charge is 0.0939 e. The highest BCUT2D eigenvalue weighted by Gasteiger charge is 2.02. The van der Waals surface area contributed by atoms with Crippen LogP contribution in [0.3, 0.4) is 0 Å². The van der Waals surface area contributed by atoms with Crippen LogP contribution in [-0.4, -0.2) is 11.5 Å². The topological polar surface area (TPSA) is 38.9 Å². The molecule has 1 heterocycles. The van der Waals surface area contributed by atoms with Gasteiger partial charge >= 0.3 is 0 Å². The van der Waals surface area contributed by atoms with E-state index < -0.39 is 0 Å². The maximum Gasteiger partial charge on any atom is 0.0939 e. The van der Waals surface area contributed by atoms with E-state index in [1.807, 2.05) is 0 Å². The molecule has 0 saturated carbocycles. The summed E-state index contributed by atoms with van der Waals surface area (Å²) in [5.74, 6) is 0. The Morgan fingerprint density at radius 3 is 3.07 bits per heavy atom. The molecule has 0 saturated heterocycles. The number of aryl methyl sites for hydroxylation is 2. The number of aromatic nitrogens is 1. The highest BCUT2D eigenvalue weighted by molar-refractivity contribution is 7.18. The lowest BCUT2D eigenvalue weighted by Gasteiger charge is -1.89. The van der Waals surface area contributed by atoms with Crippen LogP contribution in [0.25, 0.3) is 10.2 Å². The van der Waals surface area contributed by atoms with E-state index in [2.05, 4.69) is 30.1 Å². The van der Waals surface area contributed by atoms with Gasteiger partial charge in [0.15, 0.2) is 0 Å². The van der Waals surface area contributed by atoms with Gasteiger partial charge in [-0.3, -0.25) is 0 Å². The Bertz CT molecular complexity index is 434. The van der Waals surface area contributed by atoms with Crippen molar-refractivity contribution in [3.63, 3.8) is 0 Å². The second-order valence-electron chi connectivity index (χ2n) is 3.47. The number of fused-ring (bicyclic) bond motifs is 1. The number of benzene rings is 1. The second-order valence-corrected chi connectivity index (χ2v) is 4.59. The molecule has 0 aliphatic heterocycles. The zero-order chi connectivity index (χ0) is 9.97. The summed E-state index contributed by atoms with van der Waals surface area (Å²) >= 11 is 1.78. The van der Waals surface area contributed by atoms with Gasteiger partial charge in [0.2, 0.25) is 0 Å². The fourth-order valence-electron chi connectivity index (χ4n) is 1.44. The fourth-order valence-corrected chi connectivity index (χ4v) is 2.55. The van der Waals surface area contributed by atoms with Crippen LogP contribution >= 0.6 is 11.3 Å². The van der Waals surface area contributed by atoms with Crippen LogP contribution < -0.4 is 5.73 Å². The summed E-state index contributed by atoms with van der Waals surface area (Å²) in [5.41, 5.74) is 7.89. The third kappa shape index (κ3) is 1.94. The van der Waals surface area contributed by atoms with Crippen LogP contribution in [0.1, 0.15) is 17.0 Å². The molecular formula is C11H14N2S. The van der Waals surface area contributed by atoms with Gasteiger partial charge in [0.1, 0.15) is 0 Å². The minimum atomic E-state index is 0.745. The zero-order valence-electron chi connectivity index (χ0n) is 8.29. The molecule has 3 heteroatoms. The molecule has 0 bridgehead atoms. The van der Waals surface area contributed by atoms with Crippen molar-refractivity contribution >= 4 is 21.6 Å². The number of hydrogen-bond acceptors (Lipinski definition) is 3. The maximum absolute atomic E-state index is 5.47. The molecule has 0 aliphatic carbocycles. The lowest BCUT2D eigenvalue weighted by molar-refractivity contribution is 0.828. The number of rotatable bonds is 3. The number of thiazole rings is 1. The number of nitrogens with zero attached hydrogens (tertiary/aromatic N) is 1. The Labute approximate surface area is 87.8 Å². The lowest BCUT2D eigenvalue weighted by atomic mass is 10.2. The van der Waals surface area contributed by atoms with E-state index in [0.29, 0.717) is 0 Å². The Kier molecular flexibility index (Phi) is 2.79. The molecule has 1 aromatic carbocycles. The molecule has 0 amide bonds. The molecular weight excluding hydrogens is 192 g/mol. The van der Waals surface area contributed by atoms with E-state index in [4.69, 9.17) is 5.73 Å². The van der Waals surface area contributed by atoms with Gasteiger partial charge in [0.25, 0.3) is 0 Å². The third-order valence-electron chi connectivity index (χ3n) is 2.18. The van der Waals surface area contributed by atoms with Gasteiger partial charge in [-0.2, -0.15) is 0 Å². The minimum absolute atomic E-state index is 0.745. The quantitative estimate of drug-likeness (QED) is 0.838. The molecule has 2 N–H and O–H groups in total. The molecule has 1 aromatic heterocycles. The Morgan fingerprint density at radius 2 is 2.29 bits per heavy atom. The van der Waals surface area contributed by atoms with Crippen LogP contribution in [0, 0.1) is 6.92 Å². The second kappa shape index (κ2) is 4.07. The molecule has 0 radical (unpaired) electrons. The number of nitrogens with two attached hydrogens (primary N) is 1. The van der Waals surface area contributed by atoms with Gasteiger partial charge in [0.05, 0.1) is 15.2 Å². The summed E-state index contributed by atoms with van der Waals surface area (Å²) < 4.78 is 1.29. The molecule has 2 aromatic rings. The van der Waals surface area contributed by atoms with Crippen LogP contribution in [0.5, 0.6) is 0 Å². The Hall–Kier alpha value is -0.930. The van der Waals surface area contributed by atoms with E-state index in [1.165, 1.54) is 15.3 Å².